The van der Waals surface area contributed by atoms with Crippen LogP contribution in [0.3, 0.4) is 0 Å². The number of nitrogens with one attached hydrogen (secondary N) is 1. The van der Waals surface area contributed by atoms with Crippen molar-refractivity contribution in [3.05, 3.63) is 42.0 Å². The highest BCUT2D eigenvalue weighted by Gasteiger charge is 2.38. The zero-order valence-corrected chi connectivity index (χ0v) is 12.3. The van der Waals surface area contributed by atoms with E-state index in [-0.39, 0.29) is 5.56 Å². The van der Waals surface area contributed by atoms with Crippen LogP contribution in [0, 0.1) is 11.3 Å². The van der Waals surface area contributed by atoms with Crippen LogP contribution in [-0.2, 0) is 4.79 Å². The van der Waals surface area contributed by atoms with Gasteiger partial charge in [0.1, 0.15) is 5.54 Å². The van der Waals surface area contributed by atoms with Crippen LogP contribution in [0.4, 0.5) is 13.2 Å². The molecule has 0 spiro atoms. The molecule has 0 radical (unpaired) electrons. The van der Waals surface area contributed by atoms with Gasteiger partial charge in [-0.3, -0.25) is 4.79 Å². The molecule has 1 aliphatic heterocycles. The number of halogens is 3. The third kappa shape index (κ3) is 3.83. The number of rotatable bonds is 3. The average molecular weight is 326 g/mol. The smallest absolute Gasteiger partial charge is 0.333 e. The van der Waals surface area contributed by atoms with Crippen molar-refractivity contribution in [2.24, 2.45) is 0 Å². The molecule has 1 N–H and O–H groups in total. The molecule has 1 fully saturated rings. The number of alkyl halides is 3. The Morgan fingerprint density at radius 2 is 2.05 bits per heavy atom. The van der Waals surface area contributed by atoms with E-state index in [0.29, 0.717) is 24.0 Å². The monoisotopic (exact) mass is 326 g/mol. The second kappa shape index (κ2) is 6.44. The summed E-state index contributed by atoms with van der Waals surface area (Å²) >= 11 is 1.49. The molecule has 116 valence electrons. The standard InChI is InChI=1S/C15H13F3N2OS/c16-15(17,18)12(11-4-2-1-3-5-11)8-13(21)20-14(9-19)6-7-22-10-14/h1-5,8H,6-7,10H2,(H,20,21). The minimum atomic E-state index is -4.65. The van der Waals surface area contributed by atoms with Crippen molar-refractivity contribution in [1.29, 1.82) is 5.26 Å². The van der Waals surface area contributed by atoms with E-state index < -0.39 is 23.2 Å². The van der Waals surface area contributed by atoms with Crippen LogP contribution in [0.15, 0.2) is 36.4 Å². The van der Waals surface area contributed by atoms with Gasteiger partial charge in [0.25, 0.3) is 0 Å². The lowest BCUT2D eigenvalue weighted by molar-refractivity contribution is -0.118. The van der Waals surface area contributed by atoms with Gasteiger partial charge in [-0.05, 0) is 17.7 Å². The average Bonchev–Trinajstić information content (AvgIpc) is 2.93. The summed E-state index contributed by atoms with van der Waals surface area (Å²) in [4.78, 5) is 11.9. The molecule has 2 rings (SSSR count). The molecule has 0 bridgehead atoms. The number of carbonyl (C=O) groups is 1. The van der Waals surface area contributed by atoms with Crippen molar-refractivity contribution >= 4 is 23.2 Å². The molecule has 0 aromatic heterocycles. The van der Waals surface area contributed by atoms with Crippen molar-refractivity contribution in [2.45, 2.75) is 18.1 Å². The number of hydrogen-bond acceptors (Lipinski definition) is 3. The van der Waals surface area contributed by atoms with E-state index in [1.165, 1.54) is 36.0 Å². The molecule has 22 heavy (non-hydrogen) atoms. The first-order valence-corrected chi connectivity index (χ1v) is 7.67. The van der Waals surface area contributed by atoms with Gasteiger partial charge in [-0.15, -0.1) is 0 Å². The first kappa shape index (κ1) is 16.4. The molecule has 1 aliphatic rings. The minimum Gasteiger partial charge on any atom is -0.333 e. The minimum absolute atomic E-state index is 0.0862. The Labute approximate surface area is 130 Å². The van der Waals surface area contributed by atoms with E-state index in [9.17, 15) is 18.0 Å². The van der Waals surface area contributed by atoms with Crippen LogP contribution in [0.25, 0.3) is 5.57 Å². The molecule has 1 atom stereocenters. The summed E-state index contributed by atoms with van der Waals surface area (Å²) in [6.45, 7) is 0. The van der Waals surface area contributed by atoms with Crippen LogP contribution in [0.2, 0.25) is 0 Å². The molecule has 0 saturated carbocycles. The lowest BCUT2D eigenvalue weighted by Crippen LogP contribution is -2.47. The number of benzene rings is 1. The molecule has 3 nitrogen and oxygen atoms in total. The van der Waals surface area contributed by atoms with Crippen molar-refractivity contribution in [3.8, 4) is 6.07 Å². The lowest BCUT2D eigenvalue weighted by Gasteiger charge is -2.20. The Kier molecular flexibility index (Phi) is 4.81. The van der Waals surface area contributed by atoms with Crippen LogP contribution in [-0.4, -0.2) is 29.1 Å². The van der Waals surface area contributed by atoms with E-state index in [1.54, 1.807) is 6.07 Å². The number of allylic oxidation sites excluding steroid dienone is 1. The van der Waals surface area contributed by atoms with Gasteiger partial charge in [-0.2, -0.15) is 30.2 Å². The summed E-state index contributed by atoms with van der Waals surface area (Å²) in [6.07, 6.45) is -3.69. The fraction of sp³-hybridized carbons (Fsp3) is 0.333. The van der Waals surface area contributed by atoms with Gasteiger partial charge >= 0.3 is 6.18 Å². The zero-order chi connectivity index (χ0) is 16.2. The van der Waals surface area contributed by atoms with Crippen LogP contribution in [0.5, 0.6) is 0 Å². The zero-order valence-electron chi connectivity index (χ0n) is 11.5. The van der Waals surface area contributed by atoms with E-state index >= 15 is 0 Å². The predicted octanol–water partition coefficient (Wildman–Crippen LogP) is 3.15. The third-order valence-corrected chi connectivity index (χ3v) is 4.45. The van der Waals surface area contributed by atoms with Crippen molar-refractivity contribution in [3.63, 3.8) is 0 Å². The van der Waals surface area contributed by atoms with E-state index in [4.69, 9.17) is 5.26 Å². The second-order valence-electron chi connectivity index (χ2n) is 4.91. The van der Waals surface area contributed by atoms with Crippen molar-refractivity contribution in [1.82, 2.24) is 5.32 Å². The number of thioether (sulfide) groups is 1. The quantitative estimate of drug-likeness (QED) is 0.868. The Balaban J connectivity index is 2.27. The Morgan fingerprint density at radius 1 is 1.36 bits per heavy atom. The number of nitrogens with zero attached hydrogens (tertiary/aromatic N) is 1. The highest BCUT2D eigenvalue weighted by Crippen LogP contribution is 2.34. The van der Waals surface area contributed by atoms with Crippen molar-refractivity contribution in [2.75, 3.05) is 11.5 Å². The Bertz CT molecular complexity index is 614. The molecule has 1 aromatic carbocycles. The SMILES string of the molecule is N#CC1(NC(=O)C=C(c2ccccc2)C(F)(F)F)CCSC1. The summed E-state index contributed by atoms with van der Waals surface area (Å²) in [5, 5.41) is 11.6. The maximum atomic E-state index is 13.1. The fourth-order valence-corrected chi connectivity index (χ4v) is 3.40. The summed E-state index contributed by atoms with van der Waals surface area (Å²) in [5.74, 6) is 0.179. The van der Waals surface area contributed by atoms with Crippen LogP contribution in [0.1, 0.15) is 12.0 Å². The highest BCUT2D eigenvalue weighted by atomic mass is 32.2. The summed E-state index contributed by atoms with van der Waals surface area (Å²) in [6, 6.07) is 9.11. The third-order valence-electron chi connectivity index (χ3n) is 3.26. The van der Waals surface area contributed by atoms with Crippen LogP contribution >= 0.6 is 11.8 Å². The molecule has 1 aromatic rings. The van der Waals surface area contributed by atoms with Crippen molar-refractivity contribution < 1.29 is 18.0 Å². The van der Waals surface area contributed by atoms with Gasteiger partial charge in [0.15, 0.2) is 0 Å². The normalized spacial score (nSPS) is 22.2. The molecule has 1 amide bonds. The largest absolute Gasteiger partial charge is 0.417 e. The number of amides is 1. The Hall–Kier alpha value is -1.94. The molecular weight excluding hydrogens is 313 g/mol. The van der Waals surface area contributed by atoms with E-state index in [2.05, 4.69) is 5.32 Å². The first-order valence-electron chi connectivity index (χ1n) is 6.52. The van der Waals surface area contributed by atoms with Gasteiger partial charge in [-0.1, -0.05) is 30.3 Å². The van der Waals surface area contributed by atoms with E-state index in [1.807, 2.05) is 6.07 Å². The Morgan fingerprint density at radius 3 is 2.55 bits per heavy atom. The number of nitriles is 1. The van der Waals surface area contributed by atoms with Crippen LogP contribution < -0.4 is 5.32 Å². The summed E-state index contributed by atoms with van der Waals surface area (Å²) in [5.41, 5.74) is -2.19. The first-order chi connectivity index (χ1) is 10.4. The maximum absolute atomic E-state index is 13.1. The van der Waals surface area contributed by atoms with Gasteiger partial charge in [0, 0.05) is 11.8 Å². The fourth-order valence-electron chi connectivity index (χ4n) is 2.13. The molecule has 1 unspecified atom stereocenters. The molecule has 1 saturated heterocycles. The molecule has 7 heteroatoms. The number of carbonyl (C=O) groups excluding carboxylic acids is 1. The predicted molar refractivity (Wildman–Crippen MR) is 78.9 cm³/mol. The lowest BCUT2D eigenvalue weighted by atomic mass is 10.0. The molecular formula is C15H13F3N2OS. The van der Waals surface area contributed by atoms with Gasteiger partial charge in [0.2, 0.25) is 5.91 Å². The molecule has 0 aliphatic carbocycles. The summed E-state index contributed by atoms with van der Waals surface area (Å²) in [7, 11) is 0. The second-order valence-corrected chi connectivity index (χ2v) is 6.01. The molecule has 1 heterocycles. The van der Waals surface area contributed by atoms with E-state index in [0.717, 1.165) is 0 Å². The van der Waals surface area contributed by atoms with Gasteiger partial charge in [-0.25, -0.2) is 0 Å². The summed E-state index contributed by atoms with van der Waals surface area (Å²) < 4.78 is 39.4. The topological polar surface area (TPSA) is 52.9 Å². The van der Waals surface area contributed by atoms with Gasteiger partial charge in [0.05, 0.1) is 11.6 Å². The maximum Gasteiger partial charge on any atom is 0.417 e. The number of hydrogen-bond donors (Lipinski definition) is 1. The van der Waals surface area contributed by atoms with Gasteiger partial charge < -0.3 is 5.32 Å². The highest BCUT2D eigenvalue weighted by molar-refractivity contribution is 7.99.